The number of nitrogens with zero attached hydrogens (tertiary/aromatic N) is 4. The minimum Gasteiger partial charge on any atom is -0.308 e. The summed E-state index contributed by atoms with van der Waals surface area (Å²) in [6.07, 6.45) is 0. The number of hydrogen-bond donors (Lipinski definition) is 0. The first-order valence-electron chi connectivity index (χ1n) is 18.5. The van der Waals surface area contributed by atoms with Crippen molar-refractivity contribution in [1.29, 1.82) is 0 Å². The third-order valence-corrected chi connectivity index (χ3v) is 11.8. The highest BCUT2D eigenvalue weighted by atomic mass is 15.2. The molecule has 0 atom stereocenters. The molecule has 0 aliphatic rings. The Morgan fingerprint density at radius 2 is 0.981 bits per heavy atom. The van der Waals surface area contributed by atoms with E-state index >= 15 is 0 Å². The van der Waals surface area contributed by atoms with Crippen molar-refractivity contribution in [2.45, 2.75) is 0 Å². The molecule has 0 radical (unpaired) electrons. The highest BCUT2D eigenvalue weighted by Crippen LogP contribution is 2.47. The lowest BCUT2D eigenvalue weighted by Crippen LogP contribution is -2.04. The Balaban J connectivity index is 1.28. The topological polar surface area (TPSA) is 35.1 Å². The van der Waals surface area contributed by atoms with Crippen LogP contribution in [0.3, 0.4) is 0 Å². The Morgan fingerprint density at radius 1 is 0.352 bits per heavy atom. The number of para-hydroxylation sites is 2. The normalized spacial score (nSPS) is 12.4. The Labute approximate surface area is 308 Å². The van der Waals surface area contributed by atoms with Crippen LogP contribution in [0.25, 0.3) is 120 Å². The molecule has 0 bridgehead atoms. The van der Waals surface area contributed by atoms with Crippen molar-refractivity contribution in [2.75, 3.05) is 0 Å². The third-order valence-electron chi connectivity index (χ3n) is 11.8. The molecule has 0 saturated carbocycles. The quantitative estimate of drug-likeness (QED) is 0.170. The van der Waals surface area contributed by atoms with Crippen molar-refractivity contribution in [3.8, 4) is 17.2 Å². The molecule has 0 unspecified atom stereocenters. The van der Waals surface area contributed by atoms with Crippen molar-refractivity contribution < 1.29 is 0 Å². The van der Waals surface area contributed by atoms with Gasteiger partial charge in [-0.05, 0) is 63.3 Å². The van der Waals surface area contributed by atoms with Crippen molar-refractivity contribution in [2.24, 2.45) is 0 Å². The zero-order valence-corrected chi connectivity index (χ0v) is 29.0. The molecule has 0 aliphatic heterocycles. The molecular weight excluding hydrogens is 657 g/mol. The fourth-order valence-corrected chi connectivity index (χ4v) is 9.49. The van der Waals surface area contributed by atoms with E-state index in [0.717, 1.165) is 44.0 Å². The molecule has 0 amide bonds. The molecule has 0 saturated heterocycles. The van der Waals surface area contributed by atoms with Crippen molar-refractivity contribution in [3.63, 3.8) is 0 Å². The number of hydrogen-bond acceptors (Lipinski definition) is 2. The maximum absolute atomic E-state index is 5.62. The van der Waals surface area contributed by atoms with Crippen molar-refractivity contribution >= 4 is 103 Å². The average Bonchev–Trinajstić information content (AvgIpc) is 3.88. The molecule has 4 nitrogen and oxygen atoms in total. The molecule has 13 aromatic rings. The van der Waals surface area contributed by atoms with Crippen LogP contribution in [-0.4, -0.2) is 18.9 Å². The largest absolute Gasteiger partial charge is 0.308 e. The van der Waals surface area contributed by atoms with Crippen LogP contribution in [0.15, 0.2) is 170 Å². The maximum Gasteiger partial charge on any atom is 0.235 e. The van der Waals surface area contributed by atoms with E-state index in [-0.39, 0.29) is 0 Å². The lowest BCUT2D eigenvalue weighted by molar-refractivity contribution is 1.02. The summed E-state index contributed by atoms with van der Waals surface area (Å²) in [7, 11) is 0. The summed E-state index contributed by atoms with van der Waals surface area (Å²) in [6.45, 7) is 0. The van der Waals surface area contributed by atoms with Gasteiger partial charge in [-0.1, -0.05) is 133 Å². The summed E-state index contributed by atoms with van der Waals surface area (Å²) in [6, 6.07) is 61.6. The van der Waals surface area contributed by atoms with Gasteiger partial charge >= 0.3 is 0 Å². The predicted octanol–water partition coefficient (Wildman–Crippen LogP) is 13.0. The molecule has 4 aromatic heterocycles. The SMILES string of the molecule is c1ccc2cc(-c3nc(-n4c5ccc6ccccc6c5c5cc6c7ccccc7n7c8ccccc8c(c54)c67)nc4c3ccc3ccccc34)ccc2c1. The van der Waals surface area contributed by atoms with E-state index in [0.29, 0.717) is 5.95 Å². The van der Waals surface area contributed by atoms with Gasteiger partial charge in [0.05, 0.1) is 38.8 Å². The lowest BCUT2D eigenvalue weighted by Gasteiger charge is -2.14. The molecule has 4 heteroatoms. The Morgan fingerprint density at radius 3 is 1.81 bits per heavy atom. The van der Waals surface area contributed by atoms with Gasteiger partial charge in [0.1, 0.15) is 0 Å². The second kappa shape index (κ2) is 10.2. The monoisotopic (exact) mass is 684 g/mol. The first-order valence-corrected chi connectivity index (χ1v) is 18.5. The molecule has 0 spiro atoms. The van der Waals surface area contributed by atoms with Crippen LogP contribution in [-0.2, 0) is 0 Å². The van der Waals surface area contributed by atoms with Gasteiger partial charge in [0, 0.05) is 48.7 Å². The minimum absolute atomic E-state index is 0.667. The molecule has 0 N–H and O–H groups in total. The number of benzene rings is 9. The second-order valence-corrected chi connectivity index (χ2v) is 14.5. The van der Waals surface area contributed by atoms with Crippen LogP contribution in [0.2, 0.25) is 0 Å². The van der Waals surface area contributed by atoms with Crippen LogP contribution in [0.1, 0.15) is 0 Å². The average molecular weight is 685 g/mol. The van der Waals surface area contributed by atoms with Gasteiger partial charge < -0.3 is 4.40 Å². The van der Waals surface area contributed by atoms with Crippen molar-refractivity contribution in [1.82, 2.24) is 18.9 Å². The van der Waals surface area contributed by atoms with Gasteiger partial charge in [0.25, 0.3) is 0 Å². The van der Waals surface area contributed by atoms with E-state index < -0.39 is 0 Å². The molecule has 9 aromatic carbocycles. The minimum atomic E-state index is 0.667. The molecule has 13 rings (SSSR count). The van der Waals surface area contributed by atoms with Crippen LogP contribution in [0.5, 0.6) is 0 Å². The van der Waals surface area contributed by atoms with Gasteiger partial charge in [0.15, 0.2) is 0 Å². The van der Waals surface area contributed by atoms with Crippen LogP contribution >= 0.6 is 0 Å². The fraction of sp³-hybridized carbons (Fsp3) is 0. The van der Waals surface area contributed by atoms with Gasteiger partial charge in [-0.15, -0.1) is 0 Å². The Kier molecular flexibility index (Phi) is 5.34. The lowest BCUT2D eigenvalue weighted by atomic mass is 10.00. The zero-order chi connectivity index (χ0) is 35.1. The molecule has 4 heterocycles. The van der Waals surface area contributed by atoms with E-state index in [1.807, 2.05) is 0 Å². The first kappa shape index (κ1) is 28.3. The summed E-state index contributed by atoms with van der Waals surface area (Å²) >= 11 is 0. The Hall–Kier alpha value is -7.30. The summed E-state index contributed by atoms with van der Waals surface area (Å²) < 4.78 is 4.83. The van der Waals surface area contributed by atoms with Crippen LogP contribution in [0.4, 0.5) is 0 Å². The Bertz CT molecular complexity index is 3740. The van der Waals surface area contributed by atoms with E-state index in [9.17, 15) is 0 Å². The summed E-state index contributed by atoms with van der Waals surface area (Å²) in [5, 5.41) is 15.5. The molecular formula is C50H28N4. The van der Waals surface area contributed by atoms with E-state index in [2.05, 4.69) is 179 Å². The summed E-state index contributed by atoms with van der Waals surface area (Å²) in [5.41, 5.74) is 8.83. The predicted molar refractivity (Wildman–Crippen MR) is 226 cm³/mol. The second-order valence-electron chi connectivity index (χ2n) is 14.5. The third kappa shape index (κ3) is 3.57. The van der Waals surface area contributed by atoms with Gasteiger partial charge in [-0.3, -0.25) is 4.57 Å². The van der Waals surface area contributed by atoms with Gasteiger partial charge in [0.2, 0.25) is 5.95 Å². The van der Waals surface area contributed by atoms with Gasteiger partial charge in [-0.2, -0.15) is 0 Å². The van der Waals surface area contributed by atoms with Crippen LogP contribution in [0, 0.1) is 0 Å². The highest BCUT2D eigenvalue weighted by molar-refractivity contribution is 6.36. The summed E-state index contributed by atoms with van der Waals surface area (Å²) in [4.78, 5) is 11.2. The molecule has 54 heavy (non-hydrogen) atoms. The van der Waals surface area contributed by atoms with Gasteiger partial charge in [-0.25, -0.2) is 9.97 Å². The number of fused-ring (bicyclic) bond motifs is 16. The number of rotatable bonds is 2. The first-order chi connectivity index (χ1) is 26.8. The van der Waals surface area contributed by atoms with Crippen LogP contribution < -0.4 is 0 Å². The van der Waals surface area contributed by atoms with E-state index in [1.54, 1.807) is 0 Å². The maximum atomic E-state index is 5.62. The zero-order valence-electron chi connectivity index (χ0n) is 29.0. The van der Waals surface area contributed by atoms with E-state index in [1.165, 1.54) is 70.4 Å². The highest BCUT2D eigenvalue weighted by Gasteiger charge is 2.26. The van der Waals surface area contributed by atoms with Crippen molar-refractivity contribution in [3.05, 3.63) is 170 Å². The molecule has 0 fully saturated rings. The standard InChI is InChI=1S/C50H28N4/c1-2-14-32-27-33(22-21-29(32)11-1)46-38-25-23-31-13-4-6-16-35(31)47(38)52-50(51-46)54-43-26-24-30-12-3-5-15-34(30)44(43)40-28-39-36-17-7-9-19-41(36)53-42-20-10-8-18-37(42)45(48(39)53)49(40)54/h1-28H. The van der Waals surface area contributed by atoms with E-state index in [4.69, 9.17) is 9.97 Å². The molecule has 0 aliphatic carbocycles. The summed E-state index contributed by atoms with van der Waals surface area (Å²) in [5.74, 6) is 0.667. The fourth-order valence-electron chi connectivity index (χ4n) is 9.49. The smallest absolute Gasteiger partial charge is 0.235 e. The number of aromatic nitrogens is 4. The molecule has 248 valence electrons.